The first-order chi connectivity index (χ1) is 15.6. The maximum Gasteiger partial charge on any atom is 0.244 e. The van der Waals surface area contributed by atoms with E-state index in [0.29, 0.717) is 10.6 Å². The third-order valence-corrected chi connectivity index (χ3v) is 6.96. The van der Waals surface area contributed by atoms with Crippen molar-refractivity contribution in [3.63, 3.8) is 0 Å². The van der Waals surface area contributed by atoms with Crippen LogP contribution in [0.15, 0.2) is 42.5 Å². The van der Waals surface area contributed by atoms with Crippen molar-refractivity contribution in [1.29, 1.82) is 0 Å². The molecule has 0 saturated carbocycles. The average Bonchev–Trinajstić information content (AvgIpc) is 2.70. The van der Waals surface area contributed by atoms with Crippen molar-refractivity contribution in [2.75, 3.05) is 17.1 Å². The highest BCUT2D eigenvalue weighted by molar-refractivity contribution is 7.92. The molecule has 7 nitrogen and oxygen atoms in total. The molecule has 186 valence electrons. The van der Waals surface area contributed by atoms with E-state index in [0.717, 1.165) is 10.6 Å². The predicted molar refractivity (Wildman–Crippen MR) is 138 cm³/mol. The molecular formula is C23H28Cl3N3O4S. The van der Waals surface area contributed by atoms with E-state index < -0.39 is 34.1 Å². The van der Waals surface area contributed by atoms with E-state index in [1.54, 1.807) is 31.2 Å². The minimum absolute atomic E-state index is 0.00214. The summed E-state index contributed by atoms with van der Waals surface area (Å²) in [5.41, 5.74) is 0.228. The Hall–Kier alpha value is -2.00. The van der Waals surface area contributed by atoms with Crippen molar-refractivity contribution in [1.82, 2.24) is 10.2 Å². The number of carbonyl (C=O) groups excluding carboxylic acids is 2. The van der Waals surface area contributed by atoms with Gasteiger partial charge in [0.05, 0.1) is 22.0 Å². The molecule has 0 aromatic heterocycles. The van der Waals surface area contributed by atoms with Gasteiger partial charge in [0.25, 0.3) is 0 Å². The summed E-state index contributed by atoms with van der Waals surface area (Å²) in [5.74, 6) is -0.979. The SMILES string of the molecule is CC(C(=O)NC(C)(C)C)N(Cc1cccc(Cl)c1)C(=O)CN(c1cccc(Cl)c1Cl)S(C)(=O)=O. The topological polar surface area (TPSA) is 86.8 Å². The van der Waals surface area contributed by atoms with Gasteiger partial charge >= 0.3 is 0 Å². The molecule has 34 heavy (non-hydrogen) atoms. The third-order valence-electron chi connectivity index (χ3n) is 4.79. The van der Waals surface area contributed by atoms with Crippen LogP contribution < -0.4 is 9.62 Å². The molecule has 0 aliphatic carbocycles. The summed E-state index contributed by atoms with van der Waals surface area (Å²) in [6.07, 6.45) is 0.967. The van der Waals surface area contributed by atoms with Crippen LogP contribution in [0.3, 0.4) is 0 Å². The predicted octanol–water partition coefficient (Wildman–Crippen LogP) is 4.74. The van der Waals surface area contributed by atoms with Gasteiger partial charge in [-0.3, -0.25) is 13.9 Å². The van der Waals surface area contributed by atoms with Crippen LogP contribution in [0.2, 0.25) is 15.1 Å². The van der Waals surface area contributed by atoms with E-state index in [4.69, 9.17) is 34.8 Å². The summed E-state index contributed by atoms with van der Waals surface area (Å²) in [7, 11) is -3.92. The van der Waals surface area contributed by atoms with Crippen LogP contribution in [0, 0.1) is 0 Å². The first-order valence-electron chi connectivity index (χ1n) is 10.4. The zero-order chi connectivity index (χ0) is 25.8. The van der Waals surface area contributed by atoms with E-state index >= 15 is 0 Å². The quantitative estimate of drug-likeness (QED) is 0.516. The second-order valence-electron chi connectivity index (χ2n) is 8.91. The van der Waals surface area contributed by atoms with Gasteiger partial charge in [0.1, 0.15) is 12.6 Å². The highest BCUT2D eigenvalue weighted by atomic mass is 35.5. The van der Waals surface area contributed by atoms with Gasteiger partial charge in [-0.25, -0.2) is 8.42 Å². The Labute approximate surface area is 216 Å². The van der Waals surface area contributed by atoms with E-state index in [9.17, 15) is 18.0 Å². The molecule has 1 atom stereocenters. The van der Waals surface area contributed by atoms with Crippen LogP contribution in [0.1, 0.15) is 33.3 Å². The van der Waals surface area contributed by atoms with Gasteiger partial charge in [-0.15, -0.1) is 0 Å². The molecule has 1 N–H and O–H groups in total. The Morgan fingerprint density at radius 1 is 1.06 bits per heavy atom. The first kappa shape index (κ1) is 28.2. The first-order valence-corrected chi connectivity index (χ1v) is 13.4. The van der Waals surface area contributed by atoms with Crippen molar-refractivity contribution in [3.8, 4) is 0 Å². The second-order valence-corrected chi connectivity index (χ2v) is 12.0. The summed E-state index contributed by atoms with van der Waals surface area (Å²) in [5, 5.41) is 3.48. The lowest BCUT2D eigenvalue weighted by molar-refractivity contribution is -0.140. The fourth-order valence-corrected chi connectivity index (χ4v) is 4.68. The largest absolute Gasteiger partial charge is 0.350 e. The molecular weight excluding hydrogens is 521 g/mol. The van der Waals surface area contributed by atoms with Gasteiger partial charge < -0.3 is 10.2 Å². The normalized spacial score (nSPS) is 12.7. The molecule has 1 unspecified atom stereocenters. The average molecular weight is 549 g/mol. The molecule has 2 aromatic rings. The lowest BCUT2D eigenvalue weighted by Crippen LogP contribution is -2.54. The minimum Gasteiger partial charge on any atom is -0.350 e. The molecule has 2 rings (SSSR count). The smallest absolute Gasteiger partial charge is 0.244 e. The summed E-state index contributed by atoms with van der Waals surface area (Å²) in [6.45, 7) is 6.53. The van der Waals surface area contributed by atoms with Gasteiger partial charge in [-0.1, -0.05) is 53.0 Å². The van der Waals surface area contributed by atoms with Gasteiger partial charge in [0.15, 0.2) is 0 Å². The van der Waals surface area contributed by atoms with E-state index in [2.05, 4.69) is 5.32 Å². The molecule has 0 saturated heterocycles. The number of hydrogen-bond donors (Lipinski definition) is 1. The number of sulfonamides is 1. The van der Waals surface area contributed by atoms with Crippen molar-refractivity contribution in [2.24, 2.45) is 0 Å². The Bertz CT molecular complexity index is 1170. The van der Waals surface area contributed by atoms with E-state index in [1.165, 1.54) is 23.1 Å². The lowest BCUT2D eigenvalue weighted by atomic mass is 10.1. The van der Waals surface area contributed by atoms with Crippen molar-refractivity contribution >= 4 is 62.3 Å². The number of nitrogens with one attached hydrogen (secondary N) is 1. The Morgan fingerprint density at radius 2 is 1.68 bits per heavy atom. The van der Waals surface area contributed by atoms with E-state index in [-0.39, 0.29) is 28.2 Å². The van der Waals surface area contributed by atoms with Crippen LogP contribution in [-0.4, -0.2) is 49.5 Å². The molecule has 2 amide bonds. The van der Waals surface area contributed by atoms with Gasteiger partial charge in [0.2, 0.25) is 21.8 Å². The standard InChI is InChI=1S/C23H28Cl3N3O4S/c1-15(22(31)27-23(2,3)4)28(13-16-8-6-9-17(24)12-16)20(30)14-29(34(5,32)33)19-11-7-10-18(25)21(19)26/h6-12,15H,13-14H2,1-5H3,(H,27,31). The lowest BCUT2D eigenvalue weighted by Gasteiger charge is -2.33. The number of carbonyl (C=O) groups is 2. The highest BCUT2D eigenvalue weighted by Gasteiger charge is 2.32. The summed E-state index contributed by atoms with van der Waals surface area (Å²) < 4.78 is 26.1. The summed E-state index contributed by atoms with van der Waals surface area (Å²) in [6, 6.07) is 10.5. The maximum atomic E-state index is 13.5. The van der Waals surface area contributed by atoms with Gasteiger partial charge in [-0.05, 0) is 57.5 Å². The second kappa shape index (κ2) is 11.2. The number of hydrogen-bond acceptors (Lipinski definition) is 4. The Balaban J connectivity index is 2.45. The van der Waals surface area contributed by atoms with Crippen LogP contribution in [-0.2, 0) is 26.2 Å². The van der Waals surface area contributed by atoms with E-state index in [1.807, 2.05) is 20.8 Å². The highest BCUT2D eigenvalue weighted by Crippen LogP contribution is 2.33. The summed E-state index contributed by atoms with van der Waals surface area (Å²) in [4.78, 5) is 27.7. The van der Waals surface area contributed by atoms with Gasteiger partial charge in [-0.2, -0.15) is 0 Å². The fourth-order valence-electron chi connectivity index (χ4n) is 3.17. The Morgan fingerprint density at radius 3 is 2.24 bits per heavy atom. The molecule has 2 aromatic carbocycles. The number of nitrogens with zero attached hydrogens (tertiary/aromatic N) is 2. The van der Waals surface area contributed by atoms with Crippen molar-refractivity contribution in [2.45, 2.75) is 45.8 Å². The molecule has 0 fully saturated rings. The van der Waals surface area contributed by atoms with Crippen LogP contribution in [0.4, 0.5) is 5.69 Å². The van der Waals surface area contributed by atoms with Crippen molar-refractivity contribution < 1.29 is 18.0 Å². The Kier molecular flexibility index (Phi) is 9.27. The minimum atomic E-state index is -3.92. The molecule has 0 radical (unpaired) electrons. The fraction of sp³-hybridized carbons (Fsp3) is 0.391. The van der Waals surface area contributed by atoms with Gasteiger partial charge in [0, 0.05) is 17.1 Å². The summed E-state index contributed by atoms with van der Waals surface area (Å²) >= 11 is 18.4. The number of benzene rings is 2. The molecule has 0 heterocycles. The number of amides is 2. The zero-order valence-electron chi connectivity index (χ0n) is 19.6. The molecule has 11 heteroatoms. The monoisotopic (exact) mass is 547 g/mol. The van der Waals surface area contributed by atoms with Crippen molar-refractivity contribution in [3.05, 3.63) is 63.1 Å². The molecule has 0 bridgehead atoms. The van der Waals surface area contributed by atoms with Crippen LogP contribution >= 0.6 is 34.8 Å². The zero-order valence-corrected chi connectivity index (χ0v) is 22.7. The van der Waals surface area contributed by atoms with Crippen LogP contribution in [0.5, 0.6) is 0 Å². The molecule has 0 aliphatic rings. The number of rotatable bonds is 8. The van der Waals surface area contributed by atoms with Crippen LogP contribution in [0.25, 0.3) is 0 Å². The third kappa shape index (κ3) is 7.77. The number of halogens is 3. The molecule has 0 aliphatic heterocycles. The molecule has 0 spiro atoms. The number of anilines is 1. The maximum absolute atomic E-state index is 13.5.